The summed E-state index contributed by atoms with van der Waals surface area (Å²) in [5.74, 6) is -1.53. The van der Waals surface area contributed by atoms with Crippen molar-refractivity contribution in [2.75, 3.05) is 19.7 Å². The molecule has 9 nitrogen and oxygen atoms in total. The molecule has 0 aromatic heterocycles. The molecule has 0 spiro atoms. The molecule has 1 saturated heterocycles. The zero-order valence-corrected chi connectivity index (χ0v) is 18.7. The monoisotopic (exact) mass is 462 g/mol. The van der Waals surface area contributed by atoms with Gasteiger partial charge in [0.05, 0.1) is 18.3 Å². The average molecular weight is 463 g/mol. The van der Waals surface area contributed by atoms with Crippen molar-refractivity contribution in [1.29, 1.82) is 5.26 Å². The molecule has 1 aromatic carbocycles. The normalized spacial score (nSPS) is 18.0. The van der Waals surface area contributed by atoms with Gasteiger partial charge in [-0.2, -0.15) is 5.26 Å². The van der Waals surface area contributed by atoms with Crippen LogP contribution in [0.1, 0.15) is 61.4 Å². The maximum Gasteiger partial charge on any atom is 0.274 e. The summed E-state index contributed by atoms with van der Waals surface area (Å²) in [6.07, 6.45) is 5.41. The van der Waals surface area contributed by atoms with Crippen LogP contribution in [0.3, 0.4) is 0 Å². The maximum absolute atomic E-state index is 13.3. The number of ether oxygens (including phenoxy) is 1. The molecular formula is C23H31FN4O5. The molecule has 0 aliphatic carbocycles. The number of nitriles is 1. The Balaban J connectivity index is 1.58. The molecule has 1 aliphatic rings. The first-order valence-electron chi connectivity index (χ1n) is 11.0. The van der Waals surface area contributed by atoms with E-state index >= 15 is 0 Å². The molecule has 33 heavy (non-hydrogen) atoms. The molecule has 0 saturated carbocycles. The second kappa shape index (κ2) is 13.5. The van der Waals surface area contributed by atoms with Gasteiger partial charge in [-0.1, -0.05) is 12.8 Å². The fourth-order valence-corrected chi connectivity index (χ4v) is 3.34. The molecule has 1 fully saturated rings. The minimum atomic E-state index is -0.661. The first-order chi connectivity index (χ1) is 15.8. The number of aliphatic hydroxyl groups is 1. The van der Waals surface area contributed by atoms with E-state index in [1.54, 1.807) is 13.0 Å². The Hall–Kier alpha value is -3.00. The van der Waals surface area contributed by atoms with Crippen LogP contribution in [-0.4, -0.2) is 59.2 Å². The van der Waals surface area contributed by atoms with Gasteiger partial charge in [-0.05, 0) is 50.8 Å². The van der Waals surface area contributed by atoms with Crippen molar-refractivity contribution in [3.8, 4) is 6.07 Å². The van der Waals surface area contributed by atoms with Crippen molar-refractivity contribution >= 4 is 11.8 Å². The Kier molecular flexibility index (Phi) is 10.8. The molecule has 180 valence electrons. The van der Waals surface area contributed by atoms with Gasteiger partial charge in [-0.15, -0.1) is 0 Å². The Morgan fingerprint density at radius 2 is 2.06 bits per heavy atom. The molecule has 1 aromatic rings. The summed E-state index contributed by atoms with van der Waals surface area (Å²) in [6.45, 7) is 2.18. The van der Waals surface area contributed by atoms with Gasteiger partial charge in [0, 0.05) is 30.4 Å². The van der Waals surface area contributed by atoms with Gasteiger partial charge < -0.3 is 20.5 Å². The van der Waals surface area contributed by atoms with Crippen LogP contribution < -0.4 is 10.6 Å². The van der Waals surface area contributed by atoms with Crippen molar-refractivity contribution in [3.63, 3.8) is 0 Å². The standard InChI is InChI=1S/C23H31FN4O5/c1-16(14-27-21-9-7-19(15-29)33-21)23(31)28(32)11-5-3-2-4-10-26-22(30)17-6-8-20(24)18(12-17)13-25/h6,8,12,14,19,21,27,29,32H,2-5,7,9-11,15H2,1H3,(H,26,30)/b16-14-/t19-,21?/m0/s1. The van der Waals surface area contributed by atoms with E-state index in [1.165, 1.54) is 18.3 Å². The van der Waals surface area contributed by atoms with Crippen LogP contribution in [0.15, 0.2) is 30.0 Å². The van der Waals surface area contributed by atoms with Gasteiger partial charge in [-0.25, -0.2) is 9.45 Å². The number of unbranched alkanes of at least 4 members (excludes halogenated alkanes) is 3. The van der Waals surface area contributed by atoms with E-state index < -0.39 is 11.7 Å². The van der Waals surface area contributed by atoms with E-state index in [0.29, 0.717) is 30.0 Å². The third-order valence-corrected chi connectivity index (χ3v) is 5.30. The predicted molar refractivity (Wildman–Crippen MR) is 117 cm³/mol. The minimum absolute atomic E-state index is 0.0337. The van der Waals surface area contributed by atoms with Crippen LogP contribution >= 0.6 is 0 Å². The van der Waals surface area contributed by atoms with Crippen molar-refractivity contribution < 1.29 is 29.0 Å². The first-order valence-corrected chi connectivity index (χ1v) is 11.0. The van der Waals surface area contributed by atoms with Crippen molar-refractivity contribution in [1.82, 2.24) is 15.7 Å². The van der Waals surface area contributed by atoms with Crippen LogP contribution in [0.5, 0.6) is 0 Å². The number of aliphatic hydroxyl groups excluding tert-OH is 1. The Bertz CT molecular complexity index is 886. The topological polar surface area (TPSA) is 135 Å². The quantitative estimate of drug-likeness (QED) is 0.162. The molecule has 10 heteroatoms. The summed E-state index contributed by atoms with van der Waals surface area (Å²) in [7, 11) is 0. The summed E-state index contributed by atoms with van der Waals surface area (Å²) in [5.41, 5.74) is 0.401. The summed E-state index contributed by atoms with van der Waals surface area (Å²) in [6, 6.07) is 5.35. The number of rotatable bonds is 12. The minimum Gasteiger partial charge on any atom is -0.394 e. The van der Waals surface area contributed by atoms with E-state index in [4.69, 9.17) is 15.1 Å². The molecule has 1 heterocycles. The number of hydrogen-bond acceptors (Lipinski definition) is 7. The van der Waals surface area contributed by atoms with Crippen LogP contribution in [-0.2, 0) is 9.53 Å². The van der Waals surface area contributed by atoms with Crippen molar-refractivity contribution in [2.24, 2.45) is 0 Å². The van der Waals surface area contributed by atoms with Crippen molar-refractivity contribution in [3.05, 3.63) is 46.9 Å². The van der Waals surface area contributed by atoms with Gasteiger partial charge in [0.25, 0.3) is 11.8 Å². The highest BCUT2D eigenvalue weighted by Crippen LogP contribution is 2.17. The number of benzene rings is 1. The molecule has 4 N–H and O–H groups in total. The lowest BCUT2D eigenvalue weighted by Gasteiger charge is -2.16. The Morgan fingerprint density at radius 3 is 2.76 bits per heavy atom. The number of halogens is 1. The van der Waals surface area contributed by atoms with E-state index in [0.717, 1.165) is 31.7 Å². The van der Waals surface area contributed by atoms with Gasteiger partial charge in [0.2, 0.25) is 0 Å². The SMILES string of the molecule is C/C(=C/NC1CC[C@@H](CO)O1)C(=O)N(O)CCCCCCNC(=O)c1ccc(F)c(C#N)c1. The molecule has 2 atom stereocenters. The highest BCUT2D eigenvalue weighted by molar-refractivity contribution is 5.94. The van der Waals surface area contributed by atoms with Gasteiger partial charge in [-0.3, -0.25) is 14.8 Å². The number of nitrogens with zero attached hydrogens (tertiary/aromatic N) is 2. The molecular weight excluding hydrogens is 431 g/mol. The Labute approximate surface area is 192 Å². The molecule has 0 radical (unpaired) electrons. The van der Waals surface area contributed by atoms with Crippen LogP contribution in [0.2, 0.25) is 0 Å². The van der Waals surface area contributed by atoms with Gasteiger partial charge in [0.15, 0.2) is 0 Å². The van der Waals surface area contributed by atoms with Crippen LogP contribution in [0.4, 0.5) is 4.39 Å². The highest BCUT2D eigenvalue weighted by atomic mass is 19.1. The van der Waals surface area contributed by atoms with Crippen molar-refractivity contribution in [2.45, 2.75) is 57.8 Å². The highest BCUT2D eigenvalue weighted by Gasteiger charge is 2.23. The average Bonchev–Trinajstić information content (AvgIpc) is 3.29. The number of hydroxylamine groups is 2. The van der Waals surface area contributed by atoms with E-state index in [9.17, 15) is 19.2 Å². The van der Waals surface area contributed by atoms with Crippen LogP contribution in [0, 0.1) is 17.1 Å². The summed E-state index contributed by atoms with van der Waals surface area (Å²) in [5, 5.41) is 34.3. The lowest BCUT2D eigenvalue weighted by atomic mass is 10.1. The second-order valence-corrected chi connectivity index (χ2v) is 7.91. The third kappa shape index (κ3) is 8.46. The summed E-state index contributed by atoms with van der Waals surface area (Å²) in [4.78, 5) is 24.3. The second-order valence-electron chi connectivity index (χ2n) is 7.91. The molecule has 0 bridgehead atoms. The number of carbonyl (C=O) groups excluding carboxylic acids is 2. The lowest BCUT2D eigenvalue weighted by molar-refractivity contribution is -0.160. The van der Waals surface area contributed by atoms with Crippen LogP contribution in [0.25, 0.3) is 0 Å². The lowest BCUT2D eigenvalue weighted by Crippen LogP contribution is -2.31. The Morgan fingerprint density at radius 1 is 1.30 bits per heavy atom. The number of amides is 2. The zero-order valence-electron chi connectivity index (χ0n) is 18.7. The van der Waals surface area contributed by atoms with E-state index in [-0.39, 0.29) is 42.5 Å². The maximum atomic E-state index is 13.3. The summed E-state index contributed by atoms with van der Waals surface area (Å²) >= 11 is 0. The largest absolute Gasteiger partial charge is 0.394 e. The zero-order chi connectivity index (χ0) is 24.2. The smallest absolute Gasteiger partial charge is 0.274 e. The first kappa shape index (κ1) is 26.3. The fourth-order valence-electron chi connectivity index (χ4n) is 3.34. The third-order valence-electron chi connectivity index (χ3n) is 5.30. The molecule has 1 aliphatic heterocycles. The number of hydrogen-bond donors (Lipinski definition) is 4. The molecule has 2 amide bonds. The number of nitrogens with one attached hydrogen (secondary N) is 2. The number of carbonyl (C=O) groups is 2. The molecule has 2 rings (SSSR count). The van der Waals surface area contributed by atoms with Gasteiger partial charge in [0.1, 0.15) is 18.1 Å². The van der Waals surface area contributed by atoms with E-state index in [2.05, 4.69) is 10.6 Å². The fraction of sp³-hybridized carbons (Fsp3) is 0.522. The van der Waals surface area contributed by atoms with Gasteiger partial charge >= 0.3 is 0 Å². The van der Waals surface area contributed by atoms with E-state index in [1.807, 2.05) is 0 Å². The summed E-state index contributed by atoms with van der Waals surface area (Å²) < 4.78 is 18.8. The predicted octanol–water partition coefficient (Wildman–Crippen LogP) is 2.20. The molecule has 1 unspecified atom stereocenters.